The summed E-state index contributed by atoms with van der Waals surface area (Å²) in [6.45, 7) is -0.467. The van der Waals surface area contributed by atoms with Crippen LogP contribution in [-0.4, -0.2) is 27.9 Å². The Morgan fingerprint density at radius 2 is 2.26 bits per heavy atom. The van der Waals surface area contributed by atoms with E-state index in [0.29, 0.717) is 16.5 Å². The molecule has 0 spiro atoms. The molecular formula is C11H8BrClN2O4. The number of hydrogen-bond donors (Lipinski definition) is 1. The highest BCUT2D eigenvalue weighted by molar-refractivity contribution is 9.10. The van der Waals surface area contributed by atoms with Crippen LogP contribution in [0.2, 0.25) is 5.02 Å². The summed E-state index contributed by atoms with van der Waals surface area (Å²) in [4.78, 5) is 10.3. The van der Waals surface area contributed by atoms with Gasteiger partial charge in [-0.1, -0.05) is 11.6 Å². The van der Waals surface area contributed by atoms with E-state index in [1.54, 1.807) is 18.2 Å². The third-order valence-corrected chi connectivity index (χ3v) is 3.32. The second-order valence-corrected chi connectivity index (χ2v) is 4.78. The molecule has 0 amide bonds. The molecule has 0 fully saturated rings. The van der Waals surface area contributed by atoms with Crippen molar-refractivity contribution in [1.29, 1.82) is 0 Å². The van der Waals surface area contributed by atoms with Crippen molar-refractivity contribution in [3.05, 3.63) is 33.6 Å². The van der Waals surface area contributed by atoms with Crippen molar-refractivity contribution in [2.45, 2.75) is 6.61 Å². The van der Waals surface area contributed by atoms with Crippen LogP contribution < -0.4 is 0 Å². The molecule has 0 aliphatic heterocycles. The Hall–Kier alpha value is -1.44. The first kappa shape index (κ1) is 14.0. The lowest BCUT2D eigenvalue weighted by Crippen LogP contribution is -2.06. The maximum absolute atomic E-state index is 10.3. The molecule has 1 N–H and O–H groups in total. The fraction of sp³-hybridized carbons (Fsp3) is 0.182. The molecule has 0 bridgehead atoms. The van der Waals surface area contributed by atoms with Gasteiger partial charge in [0.1, 0.15) is 13.2 Å². The maximum atomic E-state index is 10.3. The smallest absolute Gasteiger partial charge is 0.329 e. The number of carbonyl (C=O) groups is 1. The zero-order valence-corrected chi connectivity index (χ0v) is 11.8. The standard InChI is InChI=1S/C11H8BrClN2O4/c12-7-2-1-6(3-8(7)13)11-15-14-9(19-11)4-18-5-10(16)17/h1-3H,4-5H2,(H,16,17). The zero-order valence-electron chi connectivity index (χ0n) is 9.47. The summed E-state index contributed by atoms with van der Waals surface area (Å²) in [5.74, 6) is -0.557. The zero-order chi connectivity index (χ0) is 13.8. The molecule has 1 aromatic carbocycles. The number of carboxylic acid groups (broad SMARTS) is 1. The summed E-state index contributed by atoms with van der Waals surface area (Å²) < 4.78 is 10.9. The van der Waals surface area contributed by atoms with E-state index in [1.807, 2.05) is 0 Å². The van der Waals surface area contributed by atoms with Crippen molar-refractivity contribution >= 4 is 33.5 Å². The number of hydrogen-bond acceptors (Lipinski definition) is 5. The molecule has 6 nitrogen and oxygen atoms in total. The largest absolute Gasteiger partial charge is 0.480 e. The molecule has 0 radical (unpaired) electrons. The SMILES string of the molecule is O=C(O)COCc1nnc(-c2ccc(Br)c(Cl)c2)o1. The van der Waals surface area contributed by atoms with Crippen molar-refractivity contribution in [3.63, 3.8) is 0 Å². The van der Waals surface area contributed by atoms with E-state index in [4.69, 9.17) is 25.9 Å². The van der Waals surface area contributed by atoms with Gasteiger partial charge >= 0.3 is 5.97 Å². The van der Waals surface area contributed by atoms with Gasteiger partial charge in [-0.3, -0.25) is 0 Å². The summed E-state index contributed by atoms with van der Waals surface area (Å²) in [5, 5.41) is 16.5. The molecule has 0 saturated heterocycles. The minimum atomic E-state index is -1.06. The highest BCUT2D eigenvalue weighted by atomic mass is 79.9. The molecule has 1 aromatic heterocycles. The van der Waals surface area contributed by atoms with Gasteiger partial charge in [-0.05, 0) is 34.1 Å². The highest BCUT2D eigenvalue weighted by Gasteiger charge is 2.10. The van der Waals surface area contributed by atoms with E-state index in [1.165, 1.54) is 0 Å². The number of ether oxygens (including phenoxy) is 1. The van der Waals surface area contributed by atoms with Gasteiger partial charge in [0, 0.05) is 10.0 Å². The Balaban J connectivity index is 2.07. The number of benzene rings is 1. The summed E-state index contributed by atoms with van der Waals surface area (Å²) in [5.41, 5.74) is 0.671. The van der Waals surface area contributed by atoms with Gasteiger partial charge in [-0.15, -0.1) is 10.2 Å². The van der Waals surface area contributed by atoms with E-state index >= 15 is 0 Å². The molecule has 2 rings (SSSR count). The van der Waals surface area contributed by atoms with Crippen LogP contribution in [0.3, 0.4) is 0 Å². The highest BCUT2D eigenvalue weighted by Crippen LogP contribution is 2.28. The first-order valence-corrected chi connectivity index (χ1v) is 6.30. The second kappa shape index (κ2) is 6.14. The molecule has 8 heteroatoms. The Bertz CT molecular complexity index is 602. The fourth-order valence-electron chi connectivity index (χ4n) is 1.28. The van der Waals surface area contributed by atoms with Gasteiger partial charge in [0.05, 0.1) is 5.02 Å². The first-order valence-electron chi connectivity index (χ1n) is 5.13. The normalized spacial score (nSPS) is 10.6. The van der Waals surface area contributed by atoms with E-state index in [-0.39, 0.29) is 12.5 Å². The lowest BCUT2D eigenvalue weighted by atomic mass is 10.2. The number of aromatic nitrogens is 2. The number of halogens is 2. The predicted octanol–water partition coefficient (Wildman–Crippen LogP) is 2.75. The van der Waals surface area contributed by atoms with Crippen molar-refractivity contribution in [2.24, 2.45) is 0 Å². The van der Waals surface area contributed by atoms with Crippen LogP contribution in [0.25, 0.3) is 11.5 Å². The van der Waals surface area contributed by atoms with Crippen LogP contribution in [0.15, 0.2) is 27.1 Å². The third kappa shape index (κ3) is 3.76. The van der Waals surface area contributed by atoms with Gasteiger partial charge < -0.3 is 14.3 Å². The summed E-state index contributed by atoms with van der Waals surface area (Å²) >= 11 is 9.24. The molecular weight excluding hydrogens is 339 g/mol. The van der Waals surface area contributed by atoms with Gasteiger partial charge in [0.25, 0.3) is 0 Å². The van der Waals surface area contributed by atoms with Gasteiger partial charge in [0.2, 0.25) is 11.8 Å². The van der Waals surface area contributed by atoms with E-state index in [2.05, 4.69) is 26.1 Å². The summed E-state index contributed by atoms with van der Waals surface area (Å²) in [6.07, 6.45) is 0. The van der Waals surface area contributed by atoms with Crippen LogP contribution in [0, 0.1) is 0 Å². The lowest BCUT2D eigenvalue weighted by Gasteiger charge is -1.98. The Morgan fingerprint density at radius 3 is 2.95 bits per heavy atom. The number of carboxylic acids is 1. The van der Waals surface area contributed by atoms with Crippen LogP contribution >= 0.6 is 27.5 Å². The molecule has 100 valence electrons. The van der Waals surface area contributed by atoms with Crippen molar-refractivity contribution in [3.8, 4) is 11.5 Å². The Labute approximate surface area is 121 Å². The summed E-state index contributed by atoms with van der Waals surface area (Å²) in [6, 6.07) is 5.22. The molecule has 2 aromatic rings. The van der Waals surface area contributed by atoms with Crippen molar-refractivity contribution in [1.82, 2.24) is 10.2 Å². The van der Waals surface area contributed by atoms with Crippen LogP contribution in [0.4, 0.5) is 0 Å². The first-order chi connectivity index (χ1) is 9.06. The fourth-order valence-corrected chi connectivity index (χ4v) is 1.71. The number of nitrogens with zero attached hydrogens (tertiary/aromatic N) is 2. The molecule has 0 saturated carbocycles. The van der Waals surface area contributed by atoms with Gasteiger partial charge in [-0.2, -0.15) is 0 Å². The minimum Gasteiger partial charge on any atom is -0.480 e. The Kier molecular flexibility index (Phi) is 4.52. The molecule has 0 aliphatic carbocycles. The molecule has 0 unspecified atom stereocenters. The van der Waals surface area contributed by atoms with Gasteiger partial charge in [0.15, 0.2) is 0 Å². The lowest BCUT2D eigenvalue weighted by molar-refractivity contribution is -0.142. The van der Waals surface area contributed by atoms with Crippen molar-refractivity contribution in [2.75, 3.05) is 6.61 Å². The maximum Gasteiger partial charge on any atom is 0.329 e. The van der Waals surface area contributed by atoms with E-state index in [0.717, 1.165) is 4.47 Å². The van der Waals surface area contributed by atoms with Gasteiger partial charge in [-0.25, -0.2) is 4.79 Å². The predicted molar refractivity (Wildman–Crippen MR) is 69.7 cm³/mol. The van der Waals surface area contributed by atoms with Crippen molar-refractivity contribution < 1.29 is 19.1 Å². The molecule has 0 atom stereocenters. The number of aliphatic carboxylic acids is 1. The monoisotopic (exact) mass is 346 g/mol. The Morgan fingerprint density at radius 1 is 1.47 bits per heavy atom. The summed E-state index contributed by atoms with van der Waals surface area (Å²) in [7, 11) is 0. The second-order valence-electron chi connectivity index (χ2n) is 3.52. The van der Waals surface area contributed by atoms with Crippen LogP contribution in [0.1, 0.15) is 5.89 Å². The van der Waals surface area contributed by atoms with Crippen LogP contribution in [-0.2, 0) is 16.1 Å². The topological polar surface area (TPSA) is 85.5 Å². The van der Waals surface area contributed by atoms with E-state index in [9.17, 15) is 4.79 Å². The average molecular weight is 348 g/mol. The number of rotatable bonds is 5. The van der Waals surface area contributed by atoms with Crippen LogP contribution in [0.5, 0.6) is 0 Å². The molecule has 1 heterocycles. The third-order valence-electron chi connectivity index (χ3n) is 2.08. The molecule has 0 aliphatic rings. The average Bonchev–Trinajstić information content (AvgIpc) is 2.81. The molecule has 19 heavy (non-hydrogen) atoms. The van der Waals surface area contributed by atoms with E-state index < -0.39 is 12.6 Å². The quantitative estimate of drug-likeness (QED) is 0.895. The minimum absolute atomic E-state index is 0.0520.